The highest BCUT2D eigenvalue weighted by atomic mass is 19.4. The molecule has 1 aliphatic heterocycles. The molecule has 0 saturated carbocycles. The third-order valence-corrected chi connectivity index (χ3v) is 3.69. The van der Waals surface area contributed by atoms with Gasteiger partial charge in [-0.05, 0) is 49.7 Å². The van der Waals surface area contributed by atoms with Gasteiger partial charge in [-0.2, -0.15) is 13.2 Å². The van der Waals surface area contributed by atoms with E-state index in [0.717, 1.165) is 44.5 Å². The molecule has 1 fully saturated rings. The van der Waals surface area contributed by atoms with Crippen LogP contribution in [0.25, 0.3) is 0 Å². The zero-order chi connectivity index (χ0) is 14.8. The van der Waals surface area contributed by atoms with E-state index in [1.165, 1.54) is 0 Å². The van der Waals surface area contributed by atoms with Gasteiger partial charge in [0.05, 0.1) is 5.56 Å². The summed E-state index contributed by atoms with van der Waals surface area (Å²) in [6.07, 6.45) is -1.43. The standard InChI is InChI=1S/C14H18F4N2/c15-12-7-10(6-11(8-12)14(16,17)18)13(9-19)20-4-2-1-3-5-20/h6-8,13H,1-5,9,19H2. The van der Waals surface area contributed by atoms with Crippen molar-refractivity contribution < 1.29 is 17.6 Å². The second-order valence-corrected chi connectivity index (χ2v) is 5.12. The lowest BCUT2D eigenvalue weighted by Gasteiger charge is -2.34. The number of alkyl halides is 3. The lowest BCUT2D eigenvalue weighted by molar-refractivity contribution is -0.137. The van der Waals surface area contributed by atoms with Gasteiger partial charge in [-0.15, -0.1) is 0 Å². The maximum atomic E-state index is 13.5. The van der Waals surface area contributed by atoms with Crippen molar-refractivity contribution in [2.45, 2.75) is 31.5 Å². The van der Waals surface area contributed by atoms with Gasteiger partial charge in [0, 0.05) is 12.6 Å². The summed E-state index contributed by atoms with van der Waals surface area (Å²) in [5.41, 5.74) is 5.05. The van der Waals surface area contributed by atoms with E-state index in [1.807, 2.05) is 4.90 Å². The Bertz CT molecular complexity index is 453. The highest BCUT2D eigenvalue weighted by Crippen LogP contribution is 2.33. The van der Waals surface area contributed by atoms with Crippen LogP contribution in [0.4, 0.5) is 17.6 Å². The molecule has 0 amide bonds. The minimum absolute atomic E-state index is 0.181. The molecule has 2 N–H and O–H groups in total. The Morgan fingerprint density at radius 2 is 1.75 bits per heavy atom. The molecule has 0 aromatic heterocycles. The van der Waals surface area contributed by atoms with Gasteiger partial charge in [-0.1, -0.05) is 6.42 Å². The summed E-state index contributed by atoms with van der Waals surface area (Å²) in [6.45, 7) is 1.76. The van der Waals surface area contributed by atoms with Crippen molar-refractivity contribution in [3.05, 3.63) is 35.1 Å². The second kappa shape index (κ2) is 6.10. The SMILES string of the molecule is NCC(c1cc(F)cc(C(F)(F)F)c1)N1CCCCC1. The van der Waals surface area contributed by atoms with Crippen LogP contribution < -0.4 is 5.73 Å². The molecule has 6 heteroatoms. The fourth-order valence-corrected chi connectivity index (χ4v) is 2.69. The molecule has 112 valence electrons. The first-order valence-corrected chi connectivity index (χ1v) is 6.73. The number of benzene rings is 1. The van der Waals surface area contributed by atoms with Crippen LogP contribution in [0, 0.1) is 5.82 Å². The van der Waals surface area contributed by atoms with Gasteiger partial charge >= 0.3 is 6.18 Å². The van der Waals surface area contributed by atoms with Gasteiger partial charge < -0.3 is 5.73 Å². The Hall–Kier alpha value is -1.14. The predicted octanol–water partition coefficient (Wildman–Crippen LogP) is 3.33. The molecule has 20 heavy (non-hydrogen) atoms. The number of rotatable bonds is 3. The van der Waals surface area contributed by atoms with E-state index in [9.17, 15) is 17.6 Å². The lowest BCUT2D eigenvalue weighted by Crippen LogP contribution is -2.37. The zero-order valence-electron chi connectivity index (χ0n) is 11.1. The van der Waals surface area contributed by atoms with Gasteiger partial charge in [-0.3, -0.25) is 4.90 Å². The molecule has 1 aliphatic rings. The number of nitrogens with zero attached hydrogens (tertiary/aromatic N) is 1. The first-order valence-electron chi connectivity index (χ1n) is 6.73. The molecule has 1 unspecified atom stereocenters. The Labute approximate surface area is 115 Å². The molecular formula is C14H18F4N2. The van der Waals surface area contributed by atoms with Gasteiger partial charge in [0.2, 0.25) is 0 Å². The molecule has 0 radical (unpaired) electrons. The molecule has 0 bridgehead atoms. The summed E-state index contributed by atoms with van der Waals surface area (Å²) in [6, 6.07) is 2.33. The van der Waals surface area contributed by atoms with E-state index >= 15 is 0 Å². The summed E-state index contributed by atoms with van der Waals surface area (Å²) in [5, 5.41) is 0. The van der Waals surface area contributed by atoms with E-state index in [1.54, 1.807) is 0 Å². The predicted molar refractivity (Wildman–Crippen MR) is 68.6 cm³/mol. The minimum Gasteiger partial charge on any atom is -0.329 e. The van der Waals surface area contributed by atoms with Crippen molar-refractivity contribution in [3.8, 4) is 0 Å². The largest absolute Gasteiger partial charge is 0.416 e. The molecule has 2 rings (SSSR count). The van der Waals surface area contributed by atoms with E-state index in [-0.39, 0.29) is 12.6 Å². The summed E-state index contributed by atoms with van der Waals surface area (Å²) in [4.78, 5) is 2.04. The van der Waals surface area contributed by atoms with Crippen LogP contribution in [0.3, 0.4) is 0 Å². The fraction of sp³-hybridized carbons (Fsp3) is 0.571. The van der Waals surface area contributed by atoms with Crippen molar-refractivity contribution in [1.29, 1.82) is 0 Å². The Morgan fingerprint density at radius 1 is 1.10 bits per heavy atom. The number of likely N-dealkylation sites (tertiary alicyclic amines) is 1. The zero-order valence-corrected chi connectivity index (χ0v) is 11.1. The summed E-state index contributed by atoms with van der Waals surface area (Å²) in [7, 11) is 0. The van der Waals surface area contributed by atoms with E-state index in [4.69, 9.17) is 5.73 Å². The topological polar surface area (TPSA) is 29.3 Å². The van der Waals surface area contributed by atoms with Crippen molar-refractivity contribution in [2.24, 2.45) is 5.73 Å². The maximum Gasteiger partial charge on any atom is 0.416 e. The average molecular weight is 290 g/mol. The molecule has 1 saturated heterocycles. The van der Waals surface area contributed by atoms with Gasteiger partial charge in [0.1, 0.15) is 5.82 Å². The first kappa shape index (κ1) is 15.3. The number of hydrogen-bond acceptors (Lipinski definition) is 2. The normalized spacial score (nSPS) is 19.1. The summed E-state index contributed by atoms with van der Waals surface area (Å²) in [5.74, 6) is -0.870. The summed E-state index contributed by atoms with van der Waals surface area (Å²) < 4.78 is 51.7. The Kier molecular flexibility index (Phi) is 4.65. The Morgan fingerprint density at radius 3 is 2.30 bits per heavy atom. The molecule has 1 aromatic rings. The molecule has 2 nitrogen and oxygen atoms in total. The quantitative estimate of drug-likeness (QED) is 0.865. The van der Waals surface area contributed by atoms with Crippen LogP contribution >= 0.6 is 0 Å². The third-order valence-electron chi connectivity index (χ3n) is 3.69. The van der Waals surface area contributed by atoms with Gasteiger partial charge in [0.15, 0.2) is 0 Å². The highest BCUT2D eigenvalue weighted by Gasteiger charge is 2.32. The molecular weight excluding hydrogens is 272 g/mol. The molecule has 1 atom stereocenters. The smallest absolute Gasteiger partial charge is 0.329 e. The van der Waals surface area contributed by atoms with Crippen LogP contribution in [0.15, 0.2) is 18.2 Å². The molecule has 1 aromatic carbocycles. The number of nitrogens with two attached hydrogens (primary N) is 1. The molecule has 1 heterocycles. The number of hydrogen-bond donors (Lipinski definition) is 1. The third kappa shape index (κ3) is 3.49. The second-order valence-electron chi connectivity index (χ2n) is 5.12. The van der Waals surface area contributed by atoms with Crippen LogP contribution in [0.1, 0.15) is 36.4 Å². The van der Waals surface area contributed by atoms with Crippen LogP contribution in [0.5, 0.6) is 0 Å². The Balaban J connectivity index is 2.31. The lowest BCUT2D eigenvalue weighted by atomic mass is 9.99. The van der Waals surface area contributed by atoms with Crippen molar-refractivity contribution >= 4 is 0 Å². The van der Waals surface area contributed by atoms with Crippen LogP contribution in [0.2, 0.25) is 0 Å². The van der Waals surface area contributed by atoms with E-state index in [2.05, 4.69) is 0 Å². The van der Waals surface area contributed by atoms with Gasteiger partial charge in [-0.25, -0.2) is 4.39 Å². The van der Waals surface area contributed by atoms with E-state index < -0.39 is 17.6 Å². The highest BCUT2D eigenvalue weighted by molar-refractivity contribution is 5.29. The fourth-order valence-electron chi connectivity index (χ4n) is 2.69. The van der Waals surface area contributed by atoms with Crippen LogP contribution in [-0.2, 0) is 6.18 Å². The van der Waals surface area contributed by atoms with Crippen molar-refractivity contribution in [1.82, 2.24) is 4.90 Å². The van der Waals surface area contributed by atoms with Crippen molar-refractivity contribution in [2.75, 3.05) is 19.6 Å². The minimum atomic E-state index is -4.54. The maximum absolute atomic E-state index is 13.5. The average Bonchev–Trinajstić information content (AvgIpc) is 2.39. The van der Waals surface area contributed by atoms with E-state index in [0.29, 0.717) is 11.6 Å². The van der Waals surface area contributed by atoms with Gasteiger partial charge in [0.25, 0.3) is 0 Å². The monoisotopic (exact) mass is 290 g/mol. The van der Waals surface area contributed by atoms with Crippen LogP contribution in [-0.4, -0.2) is 24.5 Å². The summed E-state index contributed by atoms with van der Waals surface area (Å²) >= 11 is 0. The number of halogens is 4. The van der Waals surface area contributed by atoms with Crippen molar-refractivity contribution in [3.63, 3.8) is 0 Å². The first-order chi connectivity index (χ1) is 9.41. The number of piperidine rings is 1. The molecule has 0 aliphatic carbocycles. The molecule has 0 spiro atoms.